The highest BCUT2D eigenvalue weighted by molar-refractivity contribution is 7.47. The van der Waals surface area contributed by atoms with E-state index in [4.69, 9.17) is 22.2 Å². The van der Waals surface area contributed by atoms with Crippen LogP contribution >= 0.6 is 22.2 Å². The molecule has 0 heterocycles. The number of halogens is 2. The Morgan fingerprint density at radius 3 is 1.30 bits per heavy atom. The van der Waals surface area contributed by atoms with Gasteiger partial charge in [-0.25, -0.2) is 0 Å². The van der Waals surface area contributed by atoms with Gasteiger partial charge in [-0.05, 0) is 6.55 Å². The SMILES string of the molecule is C=CC=C.C=C[Si](C)(Cl)Cl. The van der Waals surface area contributed by atoms with Crippen molar-refractivity contribution in [2.45, 2.75) is 6.55 Å². The van der Waals surface area contributed by atoms with Crippen LogP contribution in [0, 0.1) is 0 Å². The van der Waals surface area contributed by atoms with Crippen molar-refractivity contribution in [1.82, 2.24) is 0 Å². The Labute approximate surface area is 73.3 Å². The van der Waals surface area contributed by atoms with Gasteiger partial charge in [-0.15, -0.1) is 28.7 Å². The molecular formula is C7H12Cl2Si. The average molecular weight is 195 g/mol. The van der Waals surface area contributed by atoms with Crippen LogP contribution in [0.1, 0.15) is 0 Å². The van der Waals surface area contributed by atoms with Gasteiger partial charge in [0.1, 0.15) is 0 Å². The molecule has 10 heavy (non-hydrogen) atoms. The van der Waals surface area contributed by atoms with E-state index in [0.717, 1.165) is 0 Å². The topological polar surface area (TPSA) is 0 Å². The van der Waals surface area contributed by atoms with Crippen molar-refractivity contribution in [2.24, 2.45) is 0 Å². The summed E-state index contributed by atoms with van der Waals surface area (Å²) in [5.41, 5.74) is 1.61. The summed E-state index contributed by atoms with van der Waals surface area (Å²) < 4.78 is 0. The summed E-state index contributed by atoms with van der Waals surface area (Å²) in [6, 6.07) is 0. The van der Waals surface area contributed by atoms with Crippen LogP contribution in [0.25, 0.3) is 0 Å². The highest BCUT2D eigenvalue weighted by atomic mass is 35.7. The summed E-state index contributed by atoms with van der Waals surface area (Å²) in [5, 5.41) is 0. The van der Waals surface area contributed by atoms with Crippen molar-refractivity contribution < 1.29 is 0 Å². The molecule has 0 nitrogen and oxygen atoms in total. The van der Waals surface area contributed by atoms with Crippen molar-refractivity contribution in [1.29, 1.82) is 0 Å². The van der Waals surface area contributed by atoms with Crippen LogP contribution in [0.3, 0.4) is 0 Å². The standard InChI is InChI=1S/C4H6.C3H6Cl2Si/c1-3-4-2;1-3-6(2,4)5/h3-4H,1-2H2;3H,1H2,2H3. The molecule has 0 radical (unpaired) electrons. The molecule has 0 spiro atoms. The lowest BCUT2D eigenvalue weighted by molar-refractivity contribution is 2.15. The second-order valence-electron chi connectivity index (χ2n) is 1.63. The first-order valence-electron chi connectivity index (χ1n) is 2.72. The Morgan fingerprint density at radius 1 is 1.10 bits per heavy atom. The van der Waals surface area contributed by atoms with Gasteiger partial charge < -0.3 is 0 Å². The summed E-state index contributed by atoms with van der Waals surface area (Å²) >= 11 is 11.0. The monoisotopic (exact) mass is 194 g/mol. The zero-order chi connectivity index (χ0) is 8.62. The Bertz CT molecular complexity index is 107. The van der Waals surface area contributed by atoms with E-state index in [0.29, 0.717) is 0 Å². The Kier molecular flexibility index (Phi) is 9.03. The molecule has 0 aliphatic heterocycles. The zero-order valence-electron chi connectivity index (χ0n) is 6.11. The van der Waals surface area contributed by atoms with Gasteiger partial charge >= 0.3 is 0 Å². The molecule has 0 atom stereocenters. The maximum Gasteiger partial charge on any atom is 0.270 e. The molecule has 0 bridgehead atoms. The molecule has 0 aliphatic carbocycles. The van der Waals surface area contributed by atoms with E-state index in [2.05, 4.69) is 19.7 Å². The Hall–Kier alpha value is 0.0169. The van der Waals surface area contributed by atoms with Crippen LogP contribution in [0.5, 0.6) is 0 Å². The number of hydrogen-bond donors (Lipinski definition) is 0. The summed E-state index contributed by atoms with van der Waals surface area (Å²) in [6.07, 6.45) is 3.28. The van der Waals surface area contributed by atoms with Gasteiger partial charge in [0, 0.05) is 0 Å². The van der Waals surface area contributed by atoms with Crippen LogP contribution in [0.2, 0.25) is 6.55 Å². The number of rotatable bonds is 2. The highest BCUT2D eigenvalue weighted by Gasteiger charge is 2.12. The van der Waals surface area contributed by atoms with E-state index >= 15 is 0 Å². The van der Waals surface area contributed by atoms with Crippen molar-refractivity contribution in [3.63, 3.8) is 0 Å². The number of allylic oxidation sites excluding steroid dienone is 2. The first-order chi connectivity index (χ1) is 4.47. The molecule has 0 saturated heterocycles. The average Bonchev–Trinajstić information content (AvgIpc) is 1.87. The van der Waals surface area contributed by atoms with E-state index in [-0.39, 0.29) is 0 Å². The minimum absolute atomic E-state index is 1.61. The molecule has 0 N–H and O–H groups in total. The summed E-state index contributed by atoms with van der Waals surface area (Å²) in [5.74, 6) is 0. The van der Waals surface area contributed by atoms with Gasteiger partial charge in [0.2, 0.25) is 0 Å². The third-order valence-electron chi connectivity index (χ3n) is 0.525. The van der Waals surface area contributed by atoms with E-state index in [1.165, 1.54) is 0 Å². The maximum atomic E-state index is 5.50. The minimum atomic E-state index is -1.92. The van der Waals surface area contributed by atoms with Crippen molar-refractivity contribution in [3.05, 3.63) is 37.6 Å². The predicted octanol–water partition coefficient (Wildman–Crippen LogP) is 3.62. The lowest BCUT2D eigenvalue weighted by atomic mass is 10.6. The van der Waals surface area contributed by atoms with E-state index in [1.54, 1.807) is 24.4 Å². The molecule has 58 valence electrons. The quantitative estimate of drug-likeness (QED) is 0.358. The predicted molar refractivity (Wildman–Crippen MR) is 53.9 cm³/mol. The number of hydrogen-bond acceptors (Lipinski definition) is 0. The Balaban J connectivity index is 0. The van der Waals surface area contributed by atoms with Crippen LogP contribution in [0.15, 0.2) is 37.6 Å². The highest BCUT2D eigenvalue weighted by Crippen LogP contribution is 2.12. The van der Waals surface area contributed by atoms with E-state index in [1.807, 2.05) is 0 Å². The fraction of sp³-hybridized carbons (Fsp3) is 0.143. The fourth-order valence-electron chi connectivity index (χ4n) is 0. The zero-order valence-corrected chi connectivity index (χ0v) is 8.62. The Morgan fingerprint density at radius 2 is 1.30 bits per heavy atom. The van der Waals surface area contributed by atoms with Gasteiger partial charge in [0.25, 0.3) is 6.69 Å². The summed E-state index contributed by atoms with van der Waals surface area (Å²) in [6.45, 7) is 10.0. The van der Waals surface area contributed by atoms with Crippen LogP contribution in [0.4, 0.5) is 0 Å². The molecule has 3 heteroatoms. The van der Waals surface area contributed by atoms with E-state index in [9.17, 15) is 0 Å². The van der Waals surface area contributed by atoms with Gasteiger partial charge in [-0.2, -0.15) is 0 Å². The lowest BCUT2D eigenvalue weighted by Gasteiger charge is -1.96. The molecule has 0 aliphatic rings. The largest absolute Gasteiger partial charge is 0.270 e. The first kappa shape index (κ1) is 12.7. The molecule has 0 aromatic carbocycles. The molecule has 0 saturated carbocycles. The molecule has 0 fully saturated rings. The van der Waals surface area contributed by atoms with Crippen LogP contribution < -0.4 is 0 Å². The molecule has 0 rings (SSSR count). The smallest absolute Gasteiger partial charge is 0.141 e. The third kappa shape index (κ3) is 24.5. The summed E-state index contributed by atoms with van der Waals surface area (Å²) in [7, 11) is 0. The van der Waals surface area contributed by atoms with Crippen molar-refractivity contribution in [3.8, 4) is 0 Å². The van der Waals surface area contributed by atoms with Crippen molar-refractivity contribution >= 4 is 28.9 Å². The fourth-order valence-corrected chi connectivity index (χ4v) is 0. The molecular weight excluding hydrogens is 183 g/mol. The first-order valence-corrected chi connectivity index (χ1v) is 7.33. The molecule has 0 aromatic heterocycles. The molecule has 0 unspecified atom stereocenters. The molecule has 0 aromatic rings. The van der Waals surface area contributed by atoms with E-state index < -0.39 is 6.69 Å². The van der Waals surface area contributed by atoms with Crippen molar-refractivity contribution in [2.75, 3.05) is 0 Å². The lowest BCUT2D eigenvalue weighted by Crippen LogP contribution is -2.05. The van der Waals surface area contributed by atoms with Crippen LogP contribution in [-0.2, 0) is 0 Å². The second kappa shape index (κ2) is 7.13. The van der Waals surface area contributed by atoms with Gasteiger partial charge in [0.15, 0.2) is 0 Å². The van der Waals surface area contributed by atoms with Gasteiger partial charge in [0.05, 0.1) is 0 Å². The molecule has 0 amide bonds. The second-order valence-corrected chi connectivity index (χ2v) is 9.24. The van der Waals surface area contributed by atoms with Gasteiger partial charge in [-0.1, -0.05) is 31.0 Å². The van der Waals surface area contributed by atoms with Crippen LogP contribution in [-0.4, -0.2) is 6.69 Å². The maximum absolute atomic E-state index is 5.50. The summed E-state index contributed by atoms with van der Waals surface area (Å²) in [4.78, 5) is 0. The normalized spacial score (nSPS) is 8.70. The minimum Gasteiger partial charge on any atom is -0.141 e. The third-order valence-corrected chi connectivity index (χ3v) is 2.17. The van der Waals surface area contributed by atoms with Gasteiger partial charge in [-0.3, -0.25) is 0 Å².